The Labute approximate surface area is 189 Å². The average Bonchev–Trinajstić information content (AvgIpc) is 3.02. The van der Waals surface area contributed by atoms with E-state index in [1.165, 1.54) is 27.1 Å². The van der Waals surface area contributed by atoms with Crippen molar-refractivity contribution in [1.29, 1.82) is 0 Å². The van der Waals surface area contributed by atoms with Crippen molar-refractivity contribution in [2.45, 2.75) is 36.8 Å². The number of carbonyl (C=O) groups excluding carboxylic acids is 2. The Morgan fingerprint density at radius 3 is 2.59 bits per heavy atom. The van der Waals surface area contributed by atoms with Crippen molar-refractivity contribution >= 4 is 21.8 Å². The summed E-state index contributed by atoms with van der Waals surface area (Å²) in [5, 5.41) is 5.78. The zero-order chi connectivity index (χ0) is 23.1. The number of nitrogens with one attached hydrogen (secondary N) is 2. The smallest absolute Gasteiger partial charge is 0.267 e. The molecule has 9 heteroatoms. The number of hydrogen-bond donors (Lipinski definition) is 2. The van der Waals surface area contributed by atoms with Gasteiger partial charge in [0.2, 0.25) is 5.91 Å². The summed E-state index contributed by atoms with van der Waals surface area (Å²) >= 11 is 0. The van der Waals surface area contributed by atoms with E-state index < -0.39 is 10.0 Å². The van der Waals surface area contributed by atoms with Crippen LogP contribution in [0.25, 0.3) is 0 Å². The lowest BCUT2D eigenvalue weighted by Crippen LogP contribution is -2.36. The number of rotatable bonds is 8. The first-order valence-electron chi connectivity index (χ1n) is 10.7. The van der Waals surface area contributed by atoms with E-state index in [-0.39, 0.29) is 22.9 Å². The van der Waals surface area contributed by atoms with Gasteiger partial charge in [0.1, 0.15) is 5.69 Å². The second-order valence-electron chi connectivity index (χ2n) is 7.85. The third-order valence-corrected chi connectivity index (χ3v) is 7.66. The minimum atomic E-state index is -3.77. The molecular weight excluding hydrogens is 428 g/mol. The molecule has 172 valence electrons. The largest absolute Gasteiger partial charge is 0.350 e. The van der Waals surface area contributed by atoms with Crippen LogP contribution < -0.4 is 10.6 Å². The van der Waals surface area contributed by atoms with Crippen molar-refractivity contribution in [2.24, 2.45) is 7.05 Å². The highest BCUT2D eigenvalue weighted by Crippen LogP contribution is 2.22. The van der Waals surface area contributed by atoms with E-state index in [0.717, 1.165) is 5.56 Å². The third-order valence-electron chi connectivity index (χ3n) is 5.67. The van der Waals surface area contributed by atoms with Crippen molar-refractivity contribution in [3.63, 3.8) is 0 Å². The first-order chi connectivity index (χ1) is 15.3. The van der Waals surface area contributed by atoms with Gasteiger partial charge in [0, 0.05) is 32.7 Å². The maximum absolute atomic E-state index is 13.3. The van der Waals surface area contributed by atoms with Gasteiger partial charge in [0.25, 0.3) is 15.9 Å². The van der Waals surface area contributed by atoms with Crippen LogP contribution in [-0.4, -0.2) is 54.8 Å². The standard InChI is InChI=1S/C23H30N4O4S/c1-3-21(28)25-19-10-7-16-27(17-14-19)32(30,31)22-12-11-20(26(22)2)23(29)24-15-13-18-8-5-4-6-9-18/h3-6,8-9,11-12,19H,1,7,10,13-17H2,2H3,(H,24,29)(H,25,28). The molecule has 2 aromatic rings. The van der Waals surface area contributed by atoms with E-state index in [9.17, 15) is 18.0 Å². The summed E-state index contributed by atoms with van der Waals surface area (Å²) < 4.78 is 29.4. The summed E-state index contributed by atoms with van der Waals surface area (Å²) in [6.45, 7) is 4.58. The summed E-state index contributed by atoms with van der Waals surface area (Å²) in [5.41, 5.74) is 1.41. The van der Waals surface area contributed by atoms with Gasteiger partial charge in [-0.1, -0.05) is 36.9 Å². The maximum Gasteiger partial charge on any atom is 0.267 e. The summed E-state index contributed by atoms with van der Waals surface area (Å²) in [4.78, 5) is 24.2. The summed E-state index contributed by atoms with van der Waals surface area (Å²) in [6.07, 6.45) is 3.78. The molecule has 0 saturated carbocycles. The fraction of sp³-hybridized carbons (Fsp3) is 0.391. The van der Waals surface area contributed by atoms with Gasteiger partial charge in [-0.05, 0) is 49.5 Å². The third kappa shape index (κ3) is 5.66. The van der Waals surface area contributed by atoms with Crippen LogP contribution in [0.4, 0.5) is 0 Å². The van der Waals surface area contributed by atoms with Crippen LogP contribution in [0.5, 0.6) is 0 Å². The quantitative estimate of drug-likeness (QED) is 0.590. The monoisotopic (exact) mass is 458 g/mol. The molecule has 32 heavy (non-hydrogen) atoms. The van der Waals surface area contributed by atoms with Crippen LogP contribution in [0.1, 0.15) is 35.3 Å². The number of aromatic nitrogens is 1. The highest BCUT2D eigenvalue weighted by Gasteiger charge is 2.31. The van der Waals surface area contributed by atoms with Gasteiger partial charge in [0.15, 0.2) is 5.03 Å². The van der Waals surface area contributed by atoms with Crippen LogP contribution in [0.15, 0.2) is 60.1 Å². The number of carbonyl (C=O) groups is 2. The Kier molecular flexibility index (Phi) is 7.87. The number of nitrogens with zero attached hydrogens (tertiary/aromatic N) is 2. The molecule has 3 rings (SSSR count). The minimum absolute atomic E-state index is 0.0827. The van der Waals surface area contributed by atoms with Gasteiger partial charge >= 0.3 is 0 Å². The minimum Gasteiger partial charge on any atom is -0.350 e. The van der Waals surface area contributed by atoms with Crippen LogP contribution in [0.2, 0.25) is 0 Å². The molecule has 2 amide bonds. The first kappa shape index (κ1) is 23.7. The molecule has 1 aliphatic rings. The van der Waals surface area contributed by atoms with E-state index in [2.05, 4.69) is 17.2 Å². The fourth-order valence-corrected chi connectivity index (χ4v) is 5.55. The fourth-order valence-electron chi connectivity index (χ4n) is 3.88. The summed E-state index contributed by atoms with van der Waals surface area (Å²) in [7, 11) is -2.18. The molecule has 0 spiro atoms. The molecule has 0 radical (unpaired) electrons. The van der Waals surface area contributed by atoms with Crippen molar-refractivity contribution < 1.29 is 18.0 Å². The van der Waals surface area contributed by atoms with Crippen LogP contribution in [0, 0.1) is 0 Å². The second-order valence-corrected chi connectivity index (χ2v) is 9.74. The lowest BCUT2D eigenvalue weighted by atomic mass is 10.1. The van der Waals surface area contributed by atoms with E-state index >= 15 is 0 Å². The molecule has 2 N–H and O–H groups in total. The van der Waals surface area contributed by atoms with E-state index in [1.807, 2.05) is 30.3 Å². The van der Waals surface area contributed by atoms with Gasteiger partial charge in [-0.25, -0.2) is 8.42 Å². The summed E-state index contributed by atoms with van der Waals surface area (Å²) in [6, 6.07) is 12.8. The molecular formula is C23H30N4O4S. The molecule has 1 aromatic carbocycles. The second kappa shape index (κ2) is 10.6. The van der Waals surface area contributed by atoms with Gasteiger partial charge in [-0.2, -0.15) is 4.31 Å². The van der Waals surface area contributed by atoms with E-state index in [1.54, 1.807) is 7.05 Å². The van der Waals surface area contributed by atoms with Crippen molar-refractivity contribution in [1.82, 2.24) is 19.5 Å². The van der Waals surface area contributed by atoms with Gasteiger partial charge in [0.05, 0.1) is 0 Å². The Balaban J connectivity index is 1.64. The zero-order valence-electron chi connectivity index (χ0n) is 18.3. The Hall–Kier alpha value is -2.91. The predicted molar refractivity (Wildman–Crippen MR) is 123 cm³/mol. The van der Waals surface area contributed by atoms with Crippen LogP contribution in [-0.2, 0) is 28.3 Å². The van der Waals surface area contributed by atoms with Crippen LogP contribution >= 0.6 is 0 Å². The number of benzene rings is 1. The predicted octanol–water partition coefficient (Wildman–Crippen LogP) is 1.84. The maximum atomic E-state index is 13.3. The molecule has 1 fully saturated rings. The highest BCUT2D eigenvalue weighted by molar-refractivity contribution is 7.89. The molecule has 1 aromatic heterocycles. The Bertz CT molecular complexity index is 1060. The SMILES string of the molecule is C=CC(=O)NC1CCCN(S(=O)(=O)c2ccc(C(=O)NCCc3ccccc3)n2C)CC1. The molecule has 1 atom stereocenters. The lowest BCUT2D eigenvalue weighted by Gasteiger charge is -2.21. The van der Waals surface area contributed by atoms with Crippen molar-refractivity contribution in [2.75, 3.05) is 19.6 Å². The summed E-state index contributed by atoms with van der Waals surface area (Å²) in [5.74, 6) is -0.565. The molecule has 1 saturated heterocycles. The zero-order valence-corrected chi connectivity index (χ0v) is 19.1. The Morgan fingerprint density at radius 1 is 1.12 bits per heavy atom. The van der Waals surface area contributed by atoms with Crippen molar-refractivity contribution in [3.8, 4) is 0 Å². The topological polar surface area (TPSA) is 101 Å². The molecule has 0 aliphatic carbocycles. The van der Waals surface area contributed by atoms with Crippen LogP contribution in [0.3, 0.4) is 0 Å². The molecule has 0 bridgehead atoms. The number of sulfonamides is 1. The van der Waals surface area contributed by atoms with Gasteiger partial charge in [-0.3, -0.25) is 9.59 Å². The Morgan fingerprint density at radius 2 is 1.88 bits per heavy atom. The van der Waals surface area contributed by atoms with E-state index in [4.69, 9.17) is 0 Å². The first-order valence-corrected chi connectivity index (χ1v) is 12.2. The molecule has 1 unspecified atom stereocenters. The molecule has 2 heterocycles. The van der Waals surface area contributed by atoms with Gasteiger partial charge < -0.3 is 15.2 Å². The van der Waals surface area contributed by atoms with Gasteiger partial charge in [-0.15, -0.1) is 0 Å². The normalized spacial score (nSPS) is 17.3. The number of hydrogen-bond acceptors (Lipinski definition) is 4. The average molecular weight is 459 g/mol. The van der Waals surface area contributed by atoms with E-state index in [0.29, 0.717) is 51.0 Å². The number of amides is 2. The highest BCUT2D eigenvalue weighted by atomic mass is 32.2. The molecule has 1 aliphatic heterocycles. The lowest BCUT2D eigenvalue weighted by molar-refractivity contribution is -0.117. The van der Waals surface area contributed by atoms with Crippen molar-refractivity contribution in [3.05, 3.63) is 66.4 Å². The molecule has 8 nitrogen and oxygen atoms in total.